The smallest absolute Gasteiger partial charge is 0.320 e. The Morgan fingerprint density at radius 2 is 1.42 bits per heavy atom. The third-order valence-corrected chi connectivity index (χ3v) is 6.17. The van der Waals surface area contributed by atoms with Gasteiger partial charge in [-0.2, -0.15) is 0 Å². The van der Waals surface area contributed by atoms with Crippen LogP contribution < -0.4 is 4.74 Å². The number of hydrogen-bond donors (Lipinski definition) is 0. The van der Waals surface area contributed by atoms with Crippen LogP contribution in [0.5, 0.6) is 5.75 Å². The predicted octanol–water partition coefficient (Wildman–Crippen LogP) is 5.36. The first kappa shape index (κ1) is 24.7. The summed E-state index contributed by atoms with van der Waals surface area (Å²) >= 11 is 0. The van der Waals surface area contributed by atoms with Crippen molar-refractivity contribution in [1.82, 2.24) is 0 Å². The molecule has 0 spiro atoms. The molecule has 0 saturated heterocycles. The molecular formula is C26H35BO4. The van der Waals surface area contributed by atoms with Gasteiger partial charge in [-0.3, -0.25) is 9.59 Å². The summed E-state index contributed by atoms with van der Waals surface area (Å²) in [6.07, 6.45) is 2.10. The number of rotatable bonds is 10. The van der Waals surface area contributed by atoms with E-state index >= 15 is 0 Å². The van der Waals surface area contributed by atoms with Gasteiger partial charge >= 0.3 is 5.97 Å². The molecule has 5 heteroatoms. The van der Waals surface area contributed by atoms with Crippen LogP contribution in [0.25, 0.3) is 0 Å². The van der Waals surface area contributed by atoms with Gasteiger partial charge in [-0.25, -0.2) is 0 Å². The molecule has 166 valence electrons. The Bertz CT molecular complexity index is 881. The number of carbonyl (C=O) groups is 2. The van der Waals surface area contributed by atoms with E-state index in [0.717, 1.165) is 17.6 Å². The van der Waals surface area contributed by atoms with Crippen LogP contribution in [0.2, 0.25) is 6.32 Å². The Labute approximate surface area is 187 Å². The van der Waals surface area contributed by atoms with Gasteiger partial charge in [0, 0.05) is 5.56 Å². The van der Waals surface area contributed by atoms with Crippen molar-refractivity contribution in [2.45, 2.75) is 71.9 Å². The second kappa shape index (κ2) is 9.72. The number of hydrogen-bond acceptors (Lipinski definition) is 4. The highest BCUT2D eigenvalue weighted by Gasteiger charge is 2.43. The van der Waals surface area contributed by atoms with E-state index in [-0.39, 0.29) is 11.4 Å². The highest BCUT2D eigenvalue weighted by atomic mass is 16.6. The second-order valence-corrected chi connectivity index (χ2v) is 9.15. The summed E-state index contributed by atoms with van der Waals surface area (Å²) in [7, 11) is 2.09. The number of Topliss-reactive ketones (excluding diaryl/α,β-unsaturated/α-hetero) is 1. The Balaban J connectivity index is 2.28. The van der Waals surface area contributed by atoms with E-state index in [4.69, 9.17) is 9.47 Å². The lowest BCUT2D eigenvalue weighted by atomic mass is 9.83. The van der Waals surface area contributed by atoms with Crippen molar-refractivity contribution in [2.75, 3.05) is 0 Å². The first-order valence-corrected chi connectivity index (χ1v) is 11.1. The maximum atomic E-state index is 13.2. The van der Waals surface area contributed by atoms with E-state index in [2.05, 4.69) is 21.7 Å². The highest BCUT2D eigenvalue weighted by Crippen LogP contribution is 2.37. The number of ketones is 1. The first-order chi connectivity index (χ1) is 14.5. The fraction of sp³-hybridized carbons (Fsp3) is 0.462. The minimum absolute atomic E-state index is 0.246. The van der Waals surface area contributed by atoms with Crippen molar-refractivity contribution >= 4 is 19.6 Å². The first-order valence-electron chi connectivity index (χ1n) is 11.1. The zero-order valence-electron chi connectivity index (χ0n) is 20.0. The van der Waals surface area contributed by atoms with Gasteiger partial charge in [0.25, 0.3) is 0 Å². The summed E-state index contributed by atoms with van der Waals surface area (Å²) in [5.74, 6) is 0.0184. The summed E-state index contributed by atoms with van der Waals surface area (Å²) in [6.45, 7) is 11.4. The maximum Gasteiger partial charge on any atom is 0.320 e. The molecule has 0 N–H and O–H groups in total. The number of esters is 1. The minimum Gasteiger partial charge on any atom is -0.489 e. The summed E-state index contributed by atoms with van der Waals surface area (Å²) < 4.78 is 12.1. The van der Waals surface area contributed by atoms with E-state index in [9.17, 15) is 9.59 Å². The van der Waals surface area contributed by atoms with Crippen LogP contribution in [0.15, 0.2) is 54.6 Å². The molecule has 0 aromatic heterocycles. The van der Waals surface area contributed by atoms with Crippen molar-refractivity contribution in [3.8, 4) is 5.75 Å². The third kappa shape index (κ3) is 5.58. The Kier molecular flexibility index (Phi) is 7.75. The van der Waals surface area contributed by atoms with Crippen LogP contribution in [0.1, 0.15) is 70.3 Å². The number of ether oxygens (including phenoxy) is 2. The van der Waals surface area contributed by atoms with E-state index in [0.29, 0.717) is 18.4 Å². The molecule has 2 aromatic carbocycles. The van der Waals surface area contributed by atoms with Crippen molar-refractivity contribution < 1.29 is 19.1 Å². The molecule has 31 heavy (non-hydrogen) atoms. The lowest BCUT2D eigenvalue weighted by molar-refractivity contribution is -0.170. The summed E-state index contributed by atoms with van der Waals surface area (Å²) in [6, 6.07) is 16.6. The fourth-order valence-electron chi connectivity index (χ4n) is 3.43. The average molecular weight is 422 g/mol. The summed E-state index contributed by atoms with van der Waals surface area (Å²) in [5.41, 5.74) is -0.934. The van der Waals surface area contributed by atoms with Crippen LogP contribution in [-0.4, -0.2) is 25.2 Å². The Hall–Kier alpha value is -2.56. The second-order valence-electron chi connectivity index (χ2n) is 9.15. The van der Waals surface area contributed by atoms with Gasteiger partial charge in [0.05, 0.1) is 5.60 Å². The summed E-state index contributed by atoms with van der Waals surface area (Å²) in [4.78, 5) is 26.2. The molecule has 0 radical (unpaired) electrons. The van der Waals surface area contributed by atoms with Crippen LogP contribution in [0.4, 0.5) is 0 Å². The van der Waals surface area contributed by atoms with E-state index in [1.165, 1.54) is 0 Å². The van der Waals surface area contributed by atoms with E-state index in [1.54, 1.807) is 38.1 Å². The molecule has 0 aliphatic rings. The molecule has 0 atom stereocenters. The molecule has 0 aliphatic carbocycles. The van der Waals surface area contributed by atoms with Crippen molar-refractivity contribution in [1.29, 1.82) is 0 Å². The molecule has 0 fully saturated rings. The molecular weight excluding hydrogens is 387 g/mol. The largest absolute Gasteiger partial charge is 0.489 e. The molecule has 0 unspecified atom stereocenters. The monoisotopic (exact) mass is 422 g/mol. The van der Waals surface area contributed by atoms with Gasteiger partial charge in [-0.1, -0.05) is 56.3 Å². The predicted molar refractivity (Wildman–Crippen MR) is 127 cm³/mol. The molecule has 0 saturated carbocycles. The van der Waals surface area contributed by atoms with Crippen LogP contribution >= 0.6 is 0 Å². The SMILES string of the molecule is BCC(C)(C)Oc1ccc(C(CC)(CC)OC(=O)C(C)(C)C(=O)c2ccccc2)cc1. The quantitative estimate of drug-likeness (QED) is 0.224. The molecule has 0 bridgehead atoms. The van der Waals surface area contributed by atoms with Crippen molar-refractivity contribution in [3.63, 3.8) is 0 Å². The average Bonchev–Trinajstić information content (AvgIpc) is 2.77. The van der Waals surface area contributed by atoms with Gasteiger partial charge in [0.2, 0.25) is 0 Å². The molecule has 0 heterocycles. The molecule has 0 aliphatic heterocycles. The van der Waals surface area contributed by atoms with Crippen molar-refractivity contribution in [2.24, 2.45) is 5.41 Å². The lowest BCUT2D eigenvalue weighted by Gasteiger charge is -2.35. The fourth-order valence-corrected chi connectivity index (χ4v) is 3.43. The third-order valence-electron chi connectivity index (χ3n) is 6.17. The van der Waals surface area contributed by atoms with E-state index < -0.39 is 17.0 Å². The van der Waals surface area contributed by atoms with Gasteiger partial charge in [0.1, 0.15) is 24.6 Å². The number of benzene rings is 2. The minimum atomic E-state index is -1.29. The van der Waals surface area contributed by atoms with Gasteiger partial charge in [-0.15, -0.1) is 0 Å². The Morgan fingerprint density at radius 3 is 1.90 bits per heavy atom. The zero-order chi connectivity index (χ0) is 23.3. The molecule has 4 nitrogen and oxygen atoms in total. The standard InChI is InChI=1S/C26H35BO4/c1-7-26(8-2,20-14-16-21(17-15-20)30-24(3,4)18-27)31-23(29)25(5,6)22(28)19-12-10-9-11-13-19/h9-17H,7-8,18,27H2,1-6H3. The van der Waals surface area contributed by atoms with Crippen LogP contribution in [0, 0.1) is 5.41 Å². The lowest BCUT2D eigenvalue weighted by Crippen LogP contribution is -2.41. The summed E-state index contributed by atoms with van der Waals surface area (Å²) in [5, 5.41) is 0. The van der Waals surface area contributed by atoms with Crippen LogP contribution in [-0.2, 0) is 15.1 Å². The number of carbonyl (C=O) groups excluding carboxylic acids is 2. The highest BCUT2D eigenvalue weighted by molar-refractivity contribution is 6.11. The van der Waals surface area contributed by atoms with Crippen LogP contribution in [0.3, 0.4) is 0 Å². The van der Waals surface area contributed by atoms with Gasteiger partial charge < -0.3 is 9.47 Å². The molecule has 2 rings (SSSR count). The Morgan fingerprint density at radius 1 is 0.871 bits per heavy atom. The topological polar surface area (TPSA) is 52.6 Å². The van der Waals surface area contributed by atoms with Gasteiger partial charge in [0.15, 0.2) is 5.78 Å². The zero-order valence-corrected chi connectivity index (χ0v) is 20.0. The van der Waals surface area contributed by atoms with Crippen molar-refractivity contribution in [3.05, 3.63) is 65.7 Å². The molecule has 2 aromatic rings. The normalized spacial score (nSPS) is 12.3. The van der Waals surface area contributed by atoms with E-state index in [1.807, 2.05) is 44.2 Å². The van der Waals surface area contributed by atoms with Gasteiger partial charge in [-0.05, 0) is 64.6 Å². The molecule has 0 amide bonds. The maximum absolute atomic E-state index is 13.2.